The van der Waals surface area contributed by atoms with Crippen LogP contribution in [0.15, 0.2) is 9.31 Å². The molecule has 0 aliphatic carbocycles. The van der Waals surface area contributed by atoms with E-state index < -0.39 is 10.0 Å². The lowest BCUT2D eigenvalue weighted by atomic mass is 10.2. The maximum absolute atomic E-state index is 12.9. The molecule has 0 aromatic carbocycles. The Morgan fingerprint density at radius 1 is 1.29 bits per heavy atom. The van der Waals surface area contributed by atoms with E-state index in [1.54, 1.807) is 18.2 Å². The number of nitrogens with zero attached hydrogens (tertiary/aromatic N) is 2. The molecule has 1 fully saturated rings. The number of halogens is 1. The predicted molar refractivity (Wildman–Crippen MR) is 83.2 cm³/mol. The van der Waals surface area contributed by atoms with E-state index in [1.165, 1.54) is 0 Å². The Bertz CT molecular complexity index is 612. The third kappa shape index (κ3) is 2.99. The van der Waals surface area contributed by atoms with Crippen molar-refractivity contribution in [2.45, 2.75) is 44.5 Å². The summed E-state index contributed by atoms with van der Waals surface area (Å²) in [5.74, 6) is 1.15. The first-order chi connectivity index (χ1) is 9.82. The fourth-order valence-electron chi connectivity index (χ4n) is 2.98. The van der Waals surface area contributed by atoms with Crippen molar-refractivity contribution in [2.75, 3.05) is 26.2 Å². The highest BCUT2D eigenvalue weighted by molar-refractivity contribution is 7.89. The smallest absolute Gasteiger partial charge is 0.246 e. The molecule has 0 amide bonds. The molecule has 1 saturated heterocycles. The molecule has 0 radical (unpaired) electrons. The van der Waals surface area contributed by atoms with E-state index in [-0.39, 0.29) is 16.8 Å². The number of hydrogen-bond acceptors (Lipinski definition) is 4. The molecule has 0 bridgehead atoms. The first-order valence-corrected chi connectivity index (χ1v) is 9.19. The van der Waals surface area contributed by atoms with Gasteiger partial charge in [-0.3, -0.25) is 4.90 Å². The SMILES string of the molecule is CCN1CCN(S(=O)(=O)c2c(C)oc(C)c2CCl)CC1C. The number of piperazine rings is 1. The van der Waals surface area contributed by atoms with Crippen LogP contribution in [0.25, 0.3) is 0 Å². The molecule has 0 N–H and O–H groups in total. The lowest BCUT2D eigenvalue weighted by Gasteiger charge is -2.38. The molecule has 1 aliphatic heterocycles. The molecule has 1 unspecified atom stereocenters. The molecule has 2 rings (SSSR count). The zero-order valence-electron chi connectivity index (χ0n) is 13.0. The van der Waals surface area contributed by atoms with E-state index >= 15 is 0 Å². The van der Waals surface area contributed by atoms with Crippen LogP contribution in [0.4, 0.5) is 0 Å². The Morgan fingerprint density at radius 3 is 2.48 bits per heavy atom. The normalized spacial score (nSPS) is 21.9. The van der Waals surface area contributed by atoms with E-state index in [1.807, 2.05) is 0 Å². The van der Waals surface area contributed by atoms with Crippen molar-refractivity contribution in [3.05, 3.63) is 17.1 Å². The number of likely N-dealkylation sites (N-methyl/N-ethyl adjacent to an activating group) is 1. The predicted octanol–water partition coefficient (Wildman–Crippen LogP) is 2.35. The van der Waals surface area contributed by atoms with Crippen molar-refractivity contribution in [2.24, 2.45) is 0 Å². The molecule has 1 aromatic heterocycles. The van der Waals surface area contributed by atoms with Crippen molar-refractivity contribution in [1.29, 1.82) is 0 Å². The molecule has 7 heteroatoms. The second kappa shape index (κ2) is 6.28. The second-order valence-corrected chi connectivity index (χ2v) is 7.64. The van der Waals surface area contributed by atoms with Crippen molar-refractivity contribution in [3.8, 4) is 0 Å². The summed E-state index contributed by atoms with van der Waals surface area (Å²) >= 11 is 5.92. The van der Waals surface area contributed by atoms with Gasteiger partial charge in [-0.25, -0.2) is 8.42 Å². The first-order valence-electron chi connectivity index (χ1n) is 7.21. The van der Waals surface area contributed by atoms with Crippen LogP contribution < -0.4 is 0 Å². The van der Waals surface area contributed by atoms with E-state index in [4.69, 9.17) is 16.0 Å². The van der Waals surface area contributed by atoms with Gasteiger partial charge in [0.1, 0.15) is 16.4 Å². The summed E-state index contributed by atoms with van der Waals surface area (Å²) in [5, 5.41) is 0. The quantitative estimate of drug-likeness (QED) is 0.793. The topological polar surface area (TPSA) is 53.8 Å². The van der Waals surface area contributed by atoms with Gasteiger partial charge in [0.25, 0.3) is 0 Å². The summed E-state index contributed by atoms with van der Waals surface area (Å²) in [6, 6.07) is 0.214. The zero-order chi connectivity index (χ0) is 15.8. The number of sulfonamides is 1. The van der Waals surface area contributed by atoms with Crippen LogP contribution in [0.1, 0.15) is 30.9 Å². The minimum Gasteiger partial charge on any atom is -0.465 e. The minimum atomic E-state index is -3.55. The highest BCUT2D eigenvalue weighted by Crippen LogP contribution is 2.31. The van der Waals surface area contributed by atoms with Gasteiger partial charge < -0.3 is 4.42 Å². The van der Waals surface area contributed by atoms with Crippen LogP contribution in [0, 0.1) is 13.8 Å². The van der Waals surface area contributed by atoms with Gasteiger partial charge in [-0.2, -0.15) is 4.31 Å². The van der Waals surface area contributed by atoms with E-state index in [0.29, 0.717) is 30.2 Å². The molecule has 1 aliphatic rings. The Hall–Kier alpha value is -0.560. The Balaban J connectivity index is 2.36. The lowest BCUT2D eigenvalue weighted by molar-refractivity contribution is 0.135. The molecule has 1 atom stereocenters. The number of furan rings is 1. The van der Waals surface area contributed by atoms with Gasteiger partial charge in [-0.1, -0.05) is 6.92 Å². The van der Waals surface area contributed by atoms with E-state index in [2.05, 4.69) is 18.7 Å². The molecular formula is C14H23ClN2O3S. The number of hydrogen-bond donors (Lipinski definition) is 0. The maximum atomic E-state index is 12.9. The monoisotopic (exact) mass is 334 g/mol. The molecule has 0 spiro atoms. The summed E-state index contributed by atoms with van der Waals surface area (Å²) in [6.07, 6.45) is 0. The maximum Gasteiger partial charge on any atom is 0.246 e. The van der Waals surface area contributed by atoms with Gasteiger partial charge in [-0.15, -0.1) is 11.6 Å². The number of rotatable bonds is 4. The summed E-state index contributed by atoms with van der Waals surface area (Å²) in [5.41, 5.74) is 0.583. The van der Waals surface area contributed by atoms with E-state index in [0.717, 1.165) is 13.1 Å². The van der Waals surface area contributed by atoms with Crippen LogP contribution in [0.3, 0.4) is 0 Å². The van der Waals surface area contributed by atoms with Gasteiger partial charge in [0.15, 0.2) is 0 Å². The number of aryl methyl sites for hydroxylation is 2. The van der Waals surface area contributed by atoms with Gasteiger partial charge in [0, 0.05) is 31.2 Å². The largest absolute Gasteiger partial charge is 0.465 e. The highest BCUT2D eigenvalue weighted by atomic mass is 35.5. The van der Waals surface area contributed by atoms with Crippen molar-refractivity contribution in [3.63, 3.8) is 0 Å². The Labute approximate surface area is 131 Å². The average molecular weight is 335 g/mol. The molecular weight excluding hydrogens is 312 g/mol. The Morgan fingerprint density at radius 2 is 1.95 bits per heavy atom. The van der Waals surface area contributed by atoms with Crippen LogP contribution in [0.5, 0.6) is 0 Å². The third-order valence-corrected chi connectivity index (χ3v) is 6.52. The second-order valence-electron chi connectivity index (χ2n) is 5.50. The number of alkyl halides is 1. The first kappa shape index (κ1) is 16.8. The minimum absolute atomic E-state index is 0.141. The standard InChI is InChI=1S/C14H23ClN2O3S/c1-5-16-6-7-17(9-10(16)2)21(18,19)14-12(4)20-11(3)13(14)8-15/h10H,5-9H2,1-4H3. The van der Waals surface area contributed by atoms with Crippen LogP contribution in [-0.2, 0) is 15.9 Å². The third-order valence-electron chi connectivity index (χ3n) is 4.19. The van der Waals surface area contributed by atoms with Crippen LogP contribution in [0.2, 0.25) is 0 Å². The van der Waals surface area contributed by atoms with Gasteiger partial charge in [0.2, 0.25) is 10.0 Å². The van der Waals surface area contributed by atoms with Crippen molar-refractivity contribution in [1.82, 2.24) is 9.21 Å². The average Bonchev–Trinajstić information content (AvgIpc) is 2.73. The summed E-state index contributed by atoms with van der Waals surface area (Å²) in [6.45, 7) is 10.3. The molecule has 21 heavy (non-hydrogen) atoms. The molecule has 120 valence electrons. The molecule has 0 saturated carbocycles. The van der Waals surface area contributed by atoms with Gasteiger partial charge >= 0.3 is 0 Å². The fourth-order valence-corrected chi connectivity index (χ4v) is 5.31. The summed E-state index contributed by atoms with van der Waals surface area (Å²) in [4.78, 5) is 2.54. The van der Waals surface area contributed by atoms with Crippen LogP contribution in [-0.4, -0.2) is 49.8 Å². The van der Waals surface area contributed by atoms with Gasteiger partial charge in [0.05, 0.1) is 5.88 Å². The fraction of sp³-hybridized carbons (Fsp3) is 0.714. The van der Waals surface area contributed by atoms with Crippen LogP contribution >= 0.6 is 11.6 Å². The zero-order valence-corrected chi connectivity index (χ0v) is 14.6. The molecule has 5 nitrogen and oxygen atoms in total. The molecule has 2 heterocycles. The van der Waals surface area contributed by atoms with Gasteiger partial charge in [-0.05, 0) is 27.3 Å². The van der Waals surface area contributed by atoms with Crippen molar-refractivity contribution >= 4 is 21.6 Å². The Kier molecular flexibility index (Phi) is 5.03. The summed E-state index contributed by atoms with van der Waals surface area (Å²) < 4.78 is 32.9. The molecule has 1 aromatic rings. The van der Waals surface area contributed by atoms with Crippen molar-refractivity contribution < 1.29 is 12.8 Å². The lowest BCUT2D eigenvalue weighted by Crippen LogP contribution is -2.53. The summed E-state index contributed by atoms with van der Waals surface area (Å²) in [7, 11) is -3.55. The van der Waals surface area contributed by atoms with E-state index in [9.17, 15) is 8.42 Å². The highest BCUT2D eigenvalue weighted by Gasteiger charge is 2.35.